The monoisotopic (exact) mass is 684 g/mol. The van der Waals surface area contributed by atoms with Gasteiger partial charge in [0.25, 0.3) is 0 Å². The molecule has 0 atom stereocenters. The molecule has 2 aromatic carbocycles. The number of rotatable bonds is 15. The van der Waals surface area contributed by atoms with Crippen molar-refractivity contribution in [1.29, 1.82) is 0 Å². The van der Waals surface area contributed by atoms with E-state index in [1.807, 2.05) is 0 Å². The van der Waals surface area contributed by atoms with Crippen molar-refractivity contribution >= 4 is 11.3 Å². The molecule has 0 aliphatic carbocycles. The number of aromatic nitrogens is 2. The Balaban J connectivity index is 1.73. The van der Waals surface area contributed by atoms with Crippen LogP contribution in [0.3, 0.4) is 0 Å². The van der Waals surface area contributed by atoms with Crippen molar-refractivity contribution in [2.24, 2.45) is 0 Å². The van der Waals surface area contributed by atoms with Crippen molar-refractivity contribution in [2.45, 2.75) is 81.2 Å². The van der Waals surface area contributed by atoms with Crippen LogP contribution in [-0.2, 0) is 5.92 Å². The lowest BCUT2D eigenvalue weighted by Gasteiger charge is -2.39. The SMILES string of the molecule is CCCCCCCCOc1ccc(-c2nnc(-c3ccc(C(F)(F)C(F)(F)C(F)(F)C(F)(F)C(F)(F)C(F)(F)F)cc3)s2)cc1. The van der Waals surface area contributed by atoms with Gasteiger partial charge in [0, 0.05) is 16.7 Å². The Hall–Kier alpha value is -3.11. The largest absolute Gasteiger partial charge is 0.494 e. The molecule has 1 aromatic heterocycles. The summed E-state index contributed by atoms with van der Waals surface area (Å²) >= 11 is 0.900. The van der Waals surface area contributed by atoms with Gasteiger partial charge in [0.2, 0.25) is 0 Å². The van der Waals surface area contributed by atoms with Crippen LogP contribution in [0, 0.1) is 0 Å². The molecule has 0 N–H and O–H groups in total. The van der Waals surface area contributed by atoms with Crippen LogP contribution in [0.1, 0.15) is 51.0 Å². The van der Waals surface area contributed by atoms with Gasteiger partial charge in [-0.1, -0.05) is 74.6 Å². The first-order chi connectivity index (χ1) is 20.7. The molecule has 17 heteroatoms. The fraction of sp³-hybridized carbons (Fsp3) is 0.500. The normalized spacial score (nSPS) is 13.7. The molecule has 3 nitrogen and oxygen atoms in total. The third-order valence-electron chi connectivity index (χ3n) is 6.72. The maximum absolute atomic E-state index is 14.5. The molecular weight excluding hydrogens is 659 g/mol. The van der Waals surface area contributed by atoms with Gasteiger partial charge in [-0.15, -0.1) is 10.2 Å². The van der Waals surface area contributed by atoms with Gasteiger partial charge in [-0.3, -0.25) is 0 Å². The molecule has 0 saturated heterocycles. The second kappa shape index (κ2) is 13.3. The van der Waals surface area contributed by atoms with Gasteiger partial charge in [-0.25, -0.2) is 0 Å². The van der Waals surface area contributed by atoms with Crippen LogP contribution < -0.4 is 4.74 Å². The van der Waals surface area contributed by atoms with E-state index in [1.54, 1.807) is 24.3 Å². The van der Waals surface area contributed by atoms with Crippen LogP contribution in [0.4, 0.5) is 57.1 Å². The summed E-state index contributed by atoms with van der Waals surface area (Å²) in [5.74, 6) is -36.7. The first-order valence-electron chi connectivity index (χ1n) is 13.4. The van der Waals surface area contributed by atoms with Crippen molar-refractivity contribution < 1.29 is 61.8 Å². The first kappa shape index (κ1) is 36.4. The average molecular weight is 685 g/mol. The Morgan fingerprint density at radius 3 is 1.49 bits per heavy atom. The number of ether oxygens (including phenoxy) is 1. The highest BCUT2D eigenvalue weighted by atomic mass is 32.1. The van der Waals surface area contributed by atoms with Crippen molar-refractivity contribution in [1.82, 2.24) is 10.2 Å². The van der Waals surface area contributed by atoms with Crippen molar-refractivity contribution in [3.8, 4) is 26.9 Å². The molecule has 0 aliphatic rings. The quantitative estimate of drug-likeness (QED) is 0.118. The van der Waals surface area contributed by atoms with E-state index in [9.17, 15) is 57.1 Å². The van der Waals surface area contributed by atoms with Crippen LogP contribution in [0.25, 0.3) is 21.1 Å². The third-order valence-corrected chi connectivity index (χ3v) is 7.74. The molecule has 0 amide bonds. The molecule has 1 heterocycles. The summed E-state index contributed by atoms with van der Waals surface area (Å²) in [5, 5.41) is 8.11. The first-order valence-corrected chi connectivity index (χ1v) is 14.2. The zero-order chi connectivity index (χ0) is 33.9. The number of alkyl halides is 13. The summed E-state index contributed by atoms with van der Waals surface area (Å²) in [6.45, 7) is 2.65. The summed E-state index contributed by atoms with van der Waals surface area (Å²) in [6.07, 6.45) is -0.921. The summed E-state index contributed by atoms with van der Waals surface area (Å²) in [7, 11) is 0. The van der Waals surface area contributed by atoms with E-state index < -0.39 is 41.4 Å². The van der Waals surface area contributed by atoms with Crippen LogP contribution >= 0.6 is 11.3 Å². The van der Waals surface area contributed by atoms with Crippen LogP contribution in [0.15, 0.2) is 48.5 Å². The Morgan fingerprint density at radius 1 is 0.556 bits per heavy atom. The maximum Gasteiger partial charge on any atom is 0.460 e. The van der Waals surface area contributed by atoms with E-state index in [1.165, 1.54) is 12.8 Å². The lowest BCUT2D eigenvalue weighted by atomic mass is 9.90. The van der Waals surface area contributed by atoms with Crippen LogP contribution in [0.5, 0.6) is 5.75 Å². The Labute approximate surface area is 252 Å². The zero-order valence-corrected chi connectivity index (χ0v) is 24.0. The average Bonchev–Trinajstić information content (AvgIpc) is 3.46. The maximum atomic E-state index is 14.5. The molecule has 0 fully saturated rings. The van der Waals surface area contributed by atoms with Crippen molar-refractivity contribution in [3.05, 3.63) is 54.1 Å². The number of hydrogen-bond donors (Lipinski definition) is 0. The smallest absolute Gasteiger partial charge is 0.460 e. The number of halogens is 13. The third kappa shape index (κ3) is 7.02. The van der Waals surface area contributed by atoms with E-state index in [2.05, 4.69) is 17.1 Å². The molecule has 0 bridgehead atoms. The van der Waals surface area contributed by atoms with Crippen LogP contribution in [-0.4, -0.2) is 46.7 Å². The number of hydrogen-bond acceptors (Lipinski definition) is 4. The van der Waals surface area contributed by atoms with Gasteiger partial charge in [0.05, 0.1) is 6.61 Å². The van der Waals surface area contributed by atoms with E-state index in [-0.39, 0.29) is 22.7 Å². The van der Waals surface area contributed by atoms with Gasteiger partial charge < -0.3 is 4.74 Å². The highest BCUT2D eigenvalue weighted by Crippen LogP contribution is 2.62. The second-order valence-corrected chi connectivity index (χ2v) is 11.0. The lowest BCUT2D eigenvalue weighted by molar-refractivity contribution is -0.441. The summed E-state index contributed by atoms with van der Waals surface area (Å²) in [6, 6.07) is 8.16. The molecule has 0 spiro atoms. The molecule has 0 unspecified atom stereocenters. The summed E-state index contributed by atoms with van der Waals surface area (Å²) in [4.78, 5) is 0. The molecule has 3 aromatic rings. The zero-order valence-electron chi connectivity index (χ0n) is 23.2. The van der Waals surface area contributed by atoms with E-state index in [0.29, 0.717) is 35.1 Å². The number of nitrogens with zero attached hydrogens (tertiary/aromatic N) is 2. The van der Waals surface area contributed by atoms with Gasteiger partial charge in [-0.2, -0.15) is 57.1 Å². The number of benzene rings is 2. The molecule has 0 saturated carbocycles. The van der Waals surface area contributed by atoms with E-state index >= 15 is 0 Å². The fourth-order valence-corrected chi connectivity index (χ4v) is 4.85. The van der Waals surface area contributed by atoms with Gasteiger partial charge in [0.15, 0.2) is 0 Å². The minimum Gasteiger partial charge on any atom is -0.494 e. The topological polar surface area (TPSA) is 35.0 Å². The van der Waals surface area contributed by atoms with Gasteiger partial charge >= 0.3 is 35.8 Å². The standard InChI is InChI=1S/C28H25F13N2OS/c1-2-3-4-5-6-7-16-44-20-14-10-18(11-15-20)22-43-42-21(45-22)17-8-12-19(13-9-17)23(29,30)24(31,32)25(33,34)26(35,36)27(37,38)28(39,40)41/h8-15H,2-7,16H2,1H3. The molecular formula is C28H25F13N2OS. The Morgan fingerprint density at radius 2 is 1.00 bits per heavy atom. The summed E-state index contributed by atoms with van der Waals surface area (Å²) in [5.41, 5.74) is -1.57. The highest BCUT2D eigenvalue weighted by molar-refractivity contribution is 7.17. The molecule has 0 aliphatic heterocycles. The Bertz CT molecular complexity index is 1390. The van der Waals surface area contributed by atoms with E-state index in [0.717, 1.165) is 37.0 Å². The highest BCUT2D eigenvalue weighted by Gasteiger charge is 2.90. The van der Waals surface area contributed by atoms with Crippen molar-refractivity contribution in [3.63, 3.8) is 0 Å². The summed E-state index contributed by atoms with van der Waals surface area (Å²) < 4.78 is 181. The lowest BCUT2D eigenvalue weighted by Crippen LogP contribution is -2.69. The minimum absolute atomic E-state index is 0.0247. The Kier molecular flexibility index (Phi) is 10.8. The second-order valence-electron chi connectivity index (χ2n) is 10.0. The van der Waals surface area contributed by atoms with Gasteiger partial charge in [0.1, 0.15) is 15.8 Å². The molecule has 45 heavy (non-hydrogen) atoms. The predicted octanol–water partition coefficient (Wildman–Crippen LogP) is 10.8. The van der Waals surface area contributed by atoms with Crippen LogP contribution in [0.2, 0.25) is 0 Å². The molecule has 3 rings (SSSR count). The molecule has 250 valence electrons. The fourth-order valence-electron chi connectivity index (χ4n) is 4.00. The minimum atomic E-state index is -7.95. The van der Waals surface area contributed by atoms with Gasteiger partial charge in [-0.05, 0) is 30.7 Å². The number of unbranched alkanes of at least 4 members (excludes halogenated alkanes) is 5. The van der Waals surface area contributed by atoms with Crippen molar-refractivity contribution in [2.75, 3.05) is 6.61 Å². The predicted molar refractivity (Wildman–Crippen MR) is 139 cm³/mol. The molecule has 0 radical (unpaired) electrons. The van der Waals surface area contributed by atoms with E-state index in [4.69, 9.17) is 4.74 Å².